The maximum atomic E-state index is 14.0. The third-order valence-corrected chi connectivity index (χ3v) is 4.96. The molecule has 2 aliphatic rings. The van der Waals surface area contributed by atoms with Crippen molar-refractivity contribution in [1.82, 2.24) is 25.4 Å². The molecule has 0 aromatic carbocycles. The van der Waals surface area contributed by atoms with Crippen molar-refractivity contribution in [3.63, 3.8) is 0 Å². The SMILES string of the molecule is O=C(NCC1(F)COC1)c1noc2c1CN(c1ncnc3[nH]ccc13)CC2. The largest absolute Gasteiger partial charge is 0.374 e. The summed E-state index contributed by atoms with van der Waals surface area (Å²) in [5, 5.41) is 7.42. The Balaban J connectivity index is 1.38. The van der Waals surface area contributed by atoms with Crippen LogP contribution in [-0.4, -0.2) is 58.0 Å². The van der Waals surface area contributed by atoms with Crippen LogP contribution in [0.25, 0.3) is 11.0 Å². The molecular weight excluding hydrogens is 355 g/mol. The van der Waals surface area contributed by atoms with Gasteiger partial charge in [-0.1, -0.05) is 5.16 Å². The van der Waals surface area contributed by atoms with Crippen molar-refractivity contribution >= 4 is 22.8 Å². The van der Waals surface area contributed by atoms with Crippen LogP contribution in [0, 0.1) is 0 Å². The molecule has 1 amide bonds. The zero-order valence-corrected chi connectivity index (χ0v) is 14.4. The van der Waals surface area contributed by atoms with E-state index in [1.54, 1.807) is 0 Å². The van der Waals surface area contributed by atoms with Crippen molar-refractivity contribution in [2.45, 2.75) is 18.6 Å². The summed E-state index contributed by atoms with van der Waals surface area (Å²) in [4.78, 5) is 26.2. The highest BCUT2D eigenvalue weighted by Crippen LogP contribution is 2.29. The quantitative estimate of drug-likeness (QED) is 0.702. The number of carbonyl (C=O) groups excluding carboxylic acids is 1. The van der Waals surface area contributed by atoms with E-state index < -0.39 is 11.6 Å². The first-order valence-corrected chi connectivity index (χ1v) is 8.68. The van der Waals surface area contributed by atoms with Crippen molar-refractivity contribution in [3.8, 4) is 0 Å². The summed E-state index contributed by atoms with van der Waals surface area (Å²) < 4.78 is 24.2. The number of aromatic nitrogens is 4. The smallest absolute Gasteiger partial charge is 0.273 e. The van der Waals surface area contributed by atoms with Gasteiger partial charge in [0, 0.05) is 24.7 Å². The minimum absolute atomic E-state index is 0.00163. The van der Waals surface area contributed by atoms with Gasteiger partial charge in [-0.3, -0.25) is 4.79 Å². The third-order valence-electron chi connectivity index (χ3n) is 4.96. The molecule has 5 heterocycles. The number of hydrogen-bond donors (Lipinski definition) is 2. The summed E-state index contributed by atoms with van der Waals surface area (Å²) in [6.07, 6.45) is 3.92. The van der Waals surface area contributed by atoms with E-state index in [0.29, 0.717) is 30.8 Å². The molecule has 0 spiro atoms. The fourth-order valence-electron chi connectivity index (χ4n) is 3.43. The lowest BCUT2D eigenvalue weighted by atomic mass is 10.0. The van der Waals surface area contributed by atoms with Crippen LogP contribution in [-0.2, 0) is 17.7 Å². The van der Waals surface area contributed by atoms with Gasteiger partial charge in [-0.05, 0) is 6.07 Å². The fraction of sp³-hybridized carbons (Fsp3) is 0.412. The Bertz CT molecular complexity index is 1010. The van der Waals surface area contributed by atoms with Crippen LogP contribution >= 0.6 is 0 Å². The van der Waals surface area contributed by atoms with Crippen LogP contribution in [0.2, 0.25) is 0 Å². The Morgan fingerprint density at radius 2 is 2.30 bits per heavy atom. The van der Waals surface area contributed by atoms with Gasteiger partial charge in [0.25, 0.3) is 5.91 Å². The second-order valence-corrected chi connectivity index (χ2v) is 6.87. The number of hydrogen-bond acceptors (Lipinski definition) is 7. The van der Waals surface area contributed by atoms with Crippen molar-refractivity contribution in [1.29, 1.82) is 0 Å². The minimum atomic E-state index is -1.49. The molecule has 1 saturated heterocycles. The van der Waals surface area contributed by atoms with Crippen LogP contribution < -0.4 is 10.2 Å². The van der Waals surface area contributed by atoms with Gasteiger partial charge in [-0.2, -0.15) is 0 Å². The van der Waals surface area contributed by atoms with E-state index >= 15 is 0 Å². The molecule has 10 heteroatoms. The molecule has 3 aromatic heterocycles. The van der Waals surface area contributed by atoms with E-state index in [0.717, 1.165) is 16.9 Å². The number of aromatic amines is 1. The van der Waals surface area contributed by atoms with E-state index in [1.165, 1.54) is 6.33 Å². The molecule has 0 saturated carbocycles. The number of H-pyrrole nitrogens is 1. The number of fused-ring (bicyclic) bond motifs is 2. The van der Waals surface area contributed by atoms with Crippen LogP contribution in [0.1, 0.15) is 21.8 Å². The molecule has 2 N–H and O–H groups in total. The highest BCUT2D eigenvalue weighted by molar-refractivity contribution is 5.94. The predicted octanol–water partition coefficient (Wildman–Crippen LogP) is 0.977. The Morgan fingerprint density at radius 3 is 3.11 bits per heavy atom. The van der Waals surface area contributed by atoms with Gasteiger partial charge < -0.3 is 24.5 Å². The summed E-state index contributed by atoms with van der Waals surface area (Å²) in [5.74, 6) is 1.02. The Hall–Kier alpha value is -3.01. The number of alkyl halides is 1. The number of ether oxygens (including phenoxy) is 1. The average molecular weight is 372 g/mol. The second kappa shape index (κ2) is 6.02. The Morgan fingerprint density at radius 1 is 1.41 bits per heavy atom. The molecular formula is C17H17FN6O3. The number of anilines is 1. The van der Waals surface area contributed by atoms with Crippen LogP contribution in [0.5, 0.6) is 0 Å². The van der Waals surface area contributed by atoms with E-state index in [9.17, 15) is 9.18 Å². The monoisotopic (exact) mass is 372 g/mol. The highest BCUT2D eigenvalue weighted by atomic mass is 19.1. The van der Waals surface area contributed by atoms with Gasteiger partial charge in [0.15, 0.2) is 11.4 Å². The van der Waals surface area contributed by atoms with Gasteiger partial charge in [0.05, 0.1) is 31.7 Å². The highest BCUT2D eigenvalue weighted by Gasteiger charge is 2.39. The normalized spacial score (nSPS) is 18.2. The maximum absolute atomic E-state index is 14.0. The minimum Gasteiger partial charge on any atom is -0.374 e. The molecule has 0 atom stereocenters. The first-order valence-electron chi connectivity index (χ1n) is 8.68. The number of nitrogens with zero attached hydrogens (tertiary/aromatic N) is 4. The summed E-state index contributed by atoms with van der Waals surface area (Å²) in [6.45, 7) is 1.01. The molecule has 0 unspecified atom stereocenters. The molecule has 0 aliphatic carbocycles. The number of nitrogens with one attached hydrogen (secondary N) is 2. The first-order chi connectivity index (χ1) is 13.1. The van der Waals surface area contributed by atoms with E-state index in [-0.39, 0.29) is 25.5 Å². The summed E-state index contributed by atoms with van der Waals surface area (Å²) in [7, 11) is 0. The van der Waals surface area contributed by atoms with Crippen molar-refractivity contribution in [3.05, 3.63) is 35.6 Å². The lowest BCUT2D eigenvalue weighted by Crippen LogP contribution is -2.53. The van der Waals surface area contributed by atoms with Gasteiger partial charge >= 0.3 is 0 Å². The second-order valence-electron chi connectivity index (χ2n) is 6.87. The molecule has 27 heavy (non-hydrogen) atoms. The summed E-state index contributed by atoms with van der Waals surface area (Å²) in [5.41, 5.74) is 0.161. The van der Waals surface area contributed by atoms with Gasteiger partial charge in [0.2, 0.25) is 0 Å². The van der Waals surface area contributed by atoms with Gasteiger partial charge in [-0.15, -0.1) is 0 Å². The van der Waals surface area contributed by atoms with Crippen LogP contribution in [0.4, 0.5) is 10.2 Å². The number of halogens is 1. The molecule has 0 radical (unpaired) electrons. The van der Waals surface area contributed by atoms with E-state index in [4.69, 9.17) is 9.26 Å². The molecule has 1 fully saturated rings. The topological polar surface area (TPSA) is 109 Å². The zero-order valence-electron chi connectivity index (χ0n) is 14.4. The number of rotatable bonds is 4. The molecule has 2 aliphatic heterocycles. The molecule has 0 bridgehead atoms. The summed E-state index contributed by atoms with van der Waals surface area (Å²) >= 11 is 0. The van der Waals surface area contributed by atoms with Gasteiger partial charge in [-0.25, -0.2) is 14.4 Å². The first kappa shape index (κ1) is 16.2. The molecule has 140 valence electrons. The standard InChI is InChI=1S/C17H17FN6O3/c18-17(7-26-8-17)6-20-16(25)13-11-5-24(4-2-12(11)27-23-13)15-10-1-3-19-14(10)21-9-22-15/h1,3,9H,2,4-8H2,(H,20,25)(H,19,21,22). The number of amides is 1. The fourth-order valence-corrected chi connectivity index (χ4v) is 3.43. The van der Waals surface area contributed by atoms with Crippen LogP contribution in [0.15, 0.2) is 23.1 Å². The van der Waals surface area contributed by atoms with E-state index in [1.807, 2.05) is 12.3 Å². The lowest BCUT2D eigenvalue weighted by Gasteiger charge is -2.33. The zero-order chi connectivity index (χ0) is 18.4. The van der Waals surface area contributed by atoms with Crippen molar-refractivity contribution in [2.75, 3.05) is 31.2 Å². The lowest BCUT2D eigenvalue weighted by molar-refractivity contribution is -0.126. The van der Waals surface area contributed by atoms with Crippen molar-refractivity contribution < 1.29 is 18.4 Å². The Labute approximate surface area is 152 Å². The van der Waals surface area contributed by atoms with Crippen molar-refractivity contribution in [2.24, 2.45) is 0 Å². The number of carbonyl (C=O) groups is 1. The maximum Gasteiger partial charge on any atom is 0.273 e. The predicted molar refractivity (Wildman–Crippen MR) is 92.1 cm³/mol. The molecule has 9 nitrogen and oxygen atoms in total. The Kier molecular flexibility index (Phi) is 3.61. The van der Waals surface area contributed by atoms with Gasteiger partial charge in [0.1, 0.15) is 23.6 Å². The van der Waals surface area contributed by atoms with Crippen LogP contribution in [0.3, 0.4) is 0 Å². The third kappa shape index (κ3) is 2.72. The molecule has 3 aromatic rings. The van der Waals surface area contributed by atoms with E-state index in [2.05, 4.69) is 30.3 Å². The summed E-state index contributed by atoms with van der Waals surface area (Å²) in [6, 6.07) is 1.92. The molecule has 5 rings (SSSR count). The average Bonchev–Trinajstić information content (AvgIpc) is 3.30.